The van der Waals surface area contributed by atoms with E-state index < -0.39 is 0 Å². The lowest BCUT2D eigenvalue weighted by Crippen LogP contribution is -2.27. The van der Waals surface area contributed by atoms with Gasteiger partial charge in [-0.3, -0.25) is 5.21 Å². The number of nitrogens with one attached hydrogen (secondary N) is 1. The van der Waals surface area contributed by atoms with E-state index in [0.29, 0.717) is 5.92 Å². The molecule has 0 saturated carbocycles. The molecule has 0 amide bonds. The Balaban J connectivity index is 2.40. The normalized spacial score (nSPS) is 12.1. The number of nitrogens with zero attached hydrogens (tertiary/aromatic N) is 2. The molecule has 6 heteroatoms. The van der Waals surface area contributed by atoms with Gasteiger partial charge in [-0.15, -0.1) is 5.10 Å². The summed E-state index contributed by atoms with van der Waals surface area (Å²) >= 11 is 0. The molecule has 0 aromatic heterocycles. The van der Waals surface area contributed by atoms with Crippen molar-refractivity contribution in [3.8, 4) is 5.75 Å². The Morgan fingerprint density at radius 1 is 1.44 bits per heavy atom. The number of hydrogen-bond acceptors (Lipinski definition) is 4. The van der Waals surface area contributed by atoms with Crippen LogP contribution in [-0.4, -0.2) is 24.0 Å². The summed E-state index contributed by atoms with van der Waals surface area (Å²) in [5.74, 6) is 1.10. The lowest BCUT2D eigenvalue weighted by molar-refractivity contribution is 0.232. The Labute approximate surface area is 106 Å². The van der Waals surface area contributed by atoms with E-state index in [1.165, 1.54) is 11.8 Å². The predicted octanol–water partition coefficient (Wildman–Crippen LogP) is 1.47. The molecule has 0 atom stereocenters. The van der Waals surface area contributed by atoms with Crippen molar-refractivity contribution in [2.75, 3.05) is 6.61 Å². The molecule has 0 bridgehead atoms. The molecule has 0 fully saturated rings. The average molecular weight is 250 g/mol. The standard InChI is InChI=1S/C12H18N4O2/c1-9(2)10-3-5-11(6-4-10)18-8-7-14-15-12(13)16-17/h3-7,9,17H,8H2,1-2H3,(H3,13,15,16)/b14-7-. The van der Waals surface area contributed by atoms with Crippen LogP contribution in [0.3, 0.4) is 0 Å². The van der Waals surface area contributed by atoms with Crippen LogP contribution in [-0.2, 0) is 0 Å². The van der Waals surface area contributed by atoms with E-state index in [1.807, 2.05) is 24.3 Å². The van der Waals surface area contributed by atoms with Gasteiger partial charge in [0.2, 0.25) is 5.96 Å². The van der Waals surface area contributed by atoms with Crippen molar-refractivity contribution in [1.82, 2.24) is 5.48 Å². The number of ether oxygens (including phenoxy) is 1. The molecule has 0 heterocycles. The van der Waals surface area contributed by atoms with E-state index in [4.69, 9.17) is 15.7 Å². The van der Waals surface area contributed by atoms with Crippen molar-refractivity contribution >= 4 is 12.2 Å². The van der Waals surface area contributed by atoms with Crippen LogP contribution in [0.15, 0.2) is 34.5 Å². The summed E-state index contributed by atoms with van der Waals surface area (Å²) < 4.78 is 5.41. The fourth-order valence-electron chi connectivity index (χ4n) is 1.24. The highest BCUT2D eigenvalue weighted by Gasteiger charge is 1.98. The van der Waals surface area contributed by atoms with Crippen LogP contribution in [0.2, 0.25) is 0 Å². The molecular formula is C12H18N4O2. The molecule has 0 aliphatic rings. The molecule has 98 valence electrons. The predicted molar refractivity (Wildman–Crippen MR) is 71.1 cm³/mol. The molecule has 0 unspecified atom stereocenters. The molecule has 0 aliphatic carbocycles. The van der Waals surface area contributed by atoms with E-state index in [-0.39, 0.29) is 12.6 Å². The molecular weight excluding hydrogens is 232 g/mol. The maximum absolute atomic E-state index is 8.33. The van der Waals surface area contributed by atoms with Crippen molar-refractivity contribution < 1.29 is 9.94 Å². The van der Waals surface area contributed by atoms with Crippen LogP contribution in [0, 0.1) is 0 Å². The molecule has 1 aromatic rings. The quantitative estimate of drug-likeness (QED) is 0.419. The fourth-order valence-corrected chi connectivity index (χ4v) is 1.24. The molecule has 0 radical (unpaired) electrons. The molecule has 1 aromatic carbocycles. The largest absolute Gasteiger partial charge is 0.488 e. The topological polar surface area (TPSA) is 92.2 Å². The first-order valence-corrected chi connectivity index (χ1v) is 5.61. The van der Waals surface area contributed by atoms with Gasteiger partial charge in [0.25, 0.3) is 0 Å². The Kier molecular flexibility index (Phi) is 5.66. The van der Waals surface area contributed by atoms with Gasteiger partial charge in [0.1, 0.15) is 12.4 Å². The second-order valence-electron chi connectivity index (χ2n) is 3.93. The minimum Gasteiger partial charge on any atom is -0.488 e. The second-order valence-corrected chi connectivity index (χ2v) is 3.93. The van der Waals surface area contributed by atoms with Crippen molar-refractivity contribution in [3.05, 3.63) is 29.8 Å². The Morgan fingerprint density at radius 2 is 2.11 bits per heavy atom. The summed E-state index contributed by atoms with van der Waals surface area (Å²) in [5, 5.41) is 15.4. The van der Waals surface area contributed by atoms with Gasteiger partial charge in [0.05, 0.1) is 6.21 Å². The fraction of sp³-hybridized carbons (Fsp3) is 0.333. The van der Waals surface area contributed by atoms with Gasteiger partial charge >= 0.3 is 0 Å². The Hall–Kier alpha value is -2.08. The molecule has 1 rings (SSSR count). The van der Waals surface area contributed by atoms with Gasteiger partial charge in [-0.25, -0.2) is 5.48 Å². The number of rotatable bonds is 5. The first-order valence-electron chi connectivity index (χ1n) is 5.61. The van der Waals surface area contributed by atoms with E-state index >= 15 is 0 Å². The third kappa shape index (κ3) is 4.84. The first-order chi connectivity index (χ1) is 8.63. The Bertz CT molecular complexity index is 413. The van der Waals surface area contributed by atoms with Gasteiger partial charge in [-0.2, -0.15) is 5.10 Å². The maximum Gasteiger partial charge on any atom is 0.237 e. The SMILES string of the molecule is CC(C)c1ccc(OC/C=N\N=C(N)NO)cc1. The molecule has 0 aliphatic heterocycles. The van der Waals surface area contributed by atoms with Crippen LogP contribution in [0.1, 0.15) is 25.3 Å². The maximum atomic E-state index is 8.33. The highest BCUT2D eigenvalue weighted by molar-refractivity contribution is 5.77. The molecule has 18 heavy (non-hydrogen) atoms. The van der Waals surface area contributed by atoms with Gasteiger partial charge in [-0.05, 0) is 23.6 Å². The van der Waals surface area contributed by atoms with Crippen molar-refractivity contribution in [2.45, 2.75) is 19.8 Å². The number of hydrogen-bond donors (Lipinski definition) is 3. The Morgan fingerprint density at radius 3 is 2.67 bits per heavy atom. The summed E-state index contributed by atoms with van der Waals surface area (Å²) in [6.45, 7) is 4.56. The summed E-state index contributed by atoms with van der Waals surface area (Å²) in [7, 11) is 0. The summed E-state index contributed by atoms with van der Waals surface area (Å²) in [5.41, 5.74) is 8.08. The summed E-state index contributed by atoms with van der Waals surface area (Å²) in [4.78, 5) is 0. The third-order valence-corrected chi connectivity index (χ3v) is 2.23. The zero-order chi connectivity index (χ0) is 13.4. The van der Waals surface area contributed by atoms with Crippen LogP contribution in [0.25, 0.3) is 0 Å². The average Bonchev–Trinajstić information content (AvgIpc) is 2.38. The zero-order valence-corrected chi connectivity index (χ0v) is 10.5. The van der Waals surface area contributed by atoms with Gasteiger partial charge < -0.3 is 10.5 Å². The molecule has 0 saturated heterocycles. The summed E-state index contributed by atoms with van der Waals surface area (Å²) in [6.07, 6.45) is 1.44. The van der Waals surface area contributed by atoms with Crippen LogP contribution >= 0.6 is 0 Å². The van der Waals surface area contributed by atoms with Crippen molar-refractivity contribution in [2.24, 2.45) is 15.9 Å². The van der Waals surface area contributed by atoms with Gasteiger partial charge in [0, 0.05) is 0 Å². The third-order valence-electron chi connectivity index (χ3n) is 2.23. The van der Waals surface area contributed by atoms with E-state index in [9.17, 15) is 0 Å². The van der Waals surface area contributed by atoms with Crippen molar-refractivity contribution in [3.63, 3.8) is 0 Å². The molecule has 0 spiro atoms. The van der Waals surface area contributed by atoms with Gasteiger partial charge in [-0.1, -0.05) is 26.0 Å². The highest BCUT2D eigenvalue weighted by Crippen LogP contribution is 2.18. The lowest BCUT2D eigenvalue weighted by atomic mass is 10.0. The zero-order valence-electron chi connectivity index (χ0n) is 10.5. The number of benzene rings is 1. The monoisotopic (exact) mass is 250 g/mol. The second kappa shape index (κ2) is 7.29. The van der Waals surface area contributed by atoms with Crippen LogP contribution in [0.4, 0.5) is 0 Å². The highest BCUT2D eigenvalue weighted by atomic mass is 16.5. The number of guanidine groups is 1. The molecule has 6 nitrogen and oxygen atoms in total. The summed E-state index contributed by atoms with van der Waals surface area (Å²) in [6, 6.07) is 7.89. The smallest absolute Gasteiger partial charge is 0.237 e. The number of hydroxylamine groups is 1. The lowest BCUT2D eigenvalue weighted by Gasteiger charge is -2.06. The van der Waals surface area contributed by atoms with E-state index in [0.717, 1.165) is 5.75 Å². The number of nitrogens with two attached hydrogens (primary N) is 1. The minimum absolute atomic E-state index is 0.174. The first kappa shape index (κ1) is 14.0. The van der Waals surface area contributed by atoms with E-state index in [1.54, 1.807) is 5.48 Å². The van der Waals surface area contributed by atoms with Crippen LogP contribution in [0.5, 0.6) is 5.75 Å². The molecule has 4 N–H and O–H groups in total. The minimum atomic E-state index is -0.174. The van der Waals surface area contributed by atoms with Crippen molar-refractivity contribution in [1.29, 1.82) is 0 Å². The van der Waals surface area contributed by atoms with E-state index in [2.05, 4.69) is 24.1 Å². The van der Waals surface area contributed by atoms with Gasteiger partial charge in [0.15, 0.2) is 0 Å². The van der Waals surface area contributed by atoms with Crippen LogP contribution < -0.4 is 16.0 Å².